The van der Waals surface area contributed by atoms with Crippen LogP contribution in [0.3, 0.4) is 0 Å². The van der Waals surface area contributed by atoms with Gasteiger partial charge in [0.2, 0.25) is 5.91 Å². The second-order valence-electron chi connectivity index (χ2n) is 5.96. The van der Waals surface area contributed by atoms with E-state index in [-0.39, 0.29) is 11.9 Å². The molecule has 1 atom stereocenters. The van der Waals surface area contributed by atoms with Gasteiger partial charge in [-0.25, -0.2) is 0 Å². The number of hydrogen-bond acceptors (Lipinski definition) is 3. The van der Waals surface area contributed by atoms with Crippen molar-refractivity contribution in [3.63, 3.8) is 0 Å². The maximum Gasteiger partial charge on any atom is 0.222 e. The minimum absolute atomic E-state index is 0.214. The van der Waals surface area contributed by atoms with E-state index in [9.17, 15) is 4.79 Å². The number of likely N-dealkylation sites (tertiary alicyclic amines) is 1. The molecular weight excluding hydrogens is 300 g/mol. The Bertz CT molecular complexity index is 485. The van der Waals surface area contributed by atoms with Gasteiger partial charge in [-0.2, -0.15) is 0 Å². The van der Waals surface area contributed by atoms with Crippen molar-refractivity contribution in [1.82, 2.24) is 4.90 Å². The zero-order chi connectivity index (χ0) is 15.9. The largest absolute Gasteiger partial charge is 0.492 e. The second-order valence-corrected chi connectivity index (χ2v) is 6.37. The minimum Gasteiger partial charge on any atom is -0.492 e. The number of carbonyl (C=O) groups is 1. The summed E-state index contributed by atoms with van der Waals surface area (Å²) in [7, 11) is 0. The third-order valence-corrected chi connectivity index (χ3v) is 4.58. The maximum absolute atomic E-state index is 12.2. The number of halogens is 1. The lowest BCUT2D eigenvalue weighted by Crippen LogP contribution is -2.42. The topological polar surface area (TPSA) is 55.6 Å². The molecule has 5 heteroatoms. The first-order valence-corrected chi connectivity index (χ1v) is 8.36. The van der Waals surface area contributed by atoms with Crippen LogP contribution in [0.2, 0.25) is 5.02 Å². The minimum atomic E-state index is 0.214. The lowest BCUT2D eigenvalue weighted by Gasteiger charge is -2.33. The van der Waals surface area contributed by atoms with E-state index in [4.69, 9.17) is 22.1 Å². The van der Waals surface area contributed by atoms with Gasteiger partial charge in [0, 0.05) is 25.6 Å². The number of amides is 1. The molecule has 0 spiro atoms. The summed E-state index contributed by atoms with van der Waals surface area (Å²) >= 11 is 6.02. The molecule has 122 valence electrons. The van der Waals surface area contributed by atoms with Gasteiger partial charge in [0.05, 0.1) is 11.6 Å². The molecule has 22 heavy (non-hydrogen) atoms. The molecule has 2 N–H and O–H groups in total. The Kier molecular flexibility index (Phi) is 6.52. The third kappa shape index (κ3) is 4.89. The van der Waals surface area contributed by atoms with Crippen LogP contribution in [-0.2, 0) is 4.79 Å². The maximum atomic E-state index is 12.2. The van der Waals surface area contributed by atoms with Crippen molar-refractivity contribution in [3.05, 3.63) is 29.3 Å². The van der Waals surface area contributed by atoms with Crippen molar-refractivity contribution >= 4 is 17.5 Å². The average molecular weight is 325 g/mol. The first kappa shape index (κ1) is 17.1. The molecule has 0 aliphatic carbocycles. The van der Waals surface area contributed by atoms with Crippen LogP contribution in [0, 0.1) is 5.92 Å². The van der Waals surface area contributed by atoms with Crippen LogP contribution in [0.5, 0.6) is 5.75 Å². The number of ether oxygens (including phenoxy) is 1. The number of carbonyl (C=O) groups excluding carboxylic acids is 1. The predicted octanol–water partition coefficient (Wildman–Crippen LogP) is 3.08. The average Bonchev–Trinajstić information content (AvgIpc) is 2.53. The quantitative estimate of drug-likeness (QED) is 0.818. The van der Waals surface area contributed by atoms with E-state index in [0.717, 1.165) is 25.9 Å². The fourth-order valence-electron chi connectivity index (χ4n) is 2.80. The number of nitrogens with two attached hydrogens (primary N) is 1. The molecule has 1 aliphatic heterocycles. The first-order chi connectivity index (χ1) is 10.6. The summed E-state index contributed by atoms with van der Waals surface area (Å²) in [6.45, 7) is 4.22. The van der Waals surface area contributed by atoms with Crippen LogP contribution in [0.1, 0.15) is 32.6 Å². The Morgan fingerprint density at radius 2 is 2.09 bits per heavy atom. The van der Waals surface area contributed by atoms with Gasteiger partial charge in [0.1, 0.15) is 5.75 Å². The Morgan fingerprint density at radius 3 is 2.73 bits per heavy atom. The SMILES string of the molecule is CC(N)C1CCN(C(=O)CCCOc2ccccc2Cl)CC1. The van der Waals surface area contributed by atoms with Gasteiger partial charge < -0.3 is 15.4 Å². The standard InChI is InChI=1S/C17H25ClN2O2/c1-13(19)14-8-10-20(11-9-14)17(21)7-4-12-22-16-6-3-2-5-15(16)18/h2-3,5-6,13-14H,4,7-12,19H2,1H3. The van der Waals surface area contributed by atoms with Gasteiger partial charge in [-0.1, -0.05) is 23.7 Å². The first-order valence-electron chi connectivity index (χ1n) is 7.98. The molecule has 0 bridgehead atoms. The summed E-state index contributed by atoms with van der Waals surface area (Å²) < 4.78 is 5.60. The molecule has 1 aromatic carbocycles. The smallest absolute Gasteiger partial charge is 0.222 e. The predicted molar refractivity (Wildman–Crippen MR) is 89.1 cm³/mol. The molecule has 0 saturated carbocycles. The van der Waals surface area contributed by atoms with Crippen LogP contribution in [-0.4, -0.2) is 36.5 Å². The molecule has 1 amide bonds. The fraction of sp³-hybridized carbons (Fsp3) is 0.588. The van der Waals surface area contributed by atoms with E-state index >= 15 is 0 Å². The van der Waals surface area contributed by atoms with Gasteiger partial charge in [-0.3, -0.25) is 4.79 Å². The summed E-state index contributed by atoms with van der Waals surface area (Å²) in [6, 6.07) is 7.61. The number of para-hydroxylation sites is 1. The van der Waals surface area contributed by atoms with E-state index in [1.54, 1.807) is 6.07 Å². The normalized spacial score (nSPS) is 17.3. The highest BCUT2D eigenvalue weighted by atomic mass is 35.5. The summed E-state index contributed by atoms with van der Waals surface area (Å²) in [5.41, 5.74) is 5.92. The van der Waals surface area contributed by atoms with E-state index in [1.165, 1.54) is 0 Å². The van der Waals surface area contributed by atoms with Crippen LogP contribution in [0.25, 0.3) is 0 Å². The van der Waals surface area contributed by atoms with E-state index < -0.39 is 0 Å². The molecule has 1 fully saturated rings. The van der Waals surface area contributed by atoms with Crippen molar-refractivity contribution in [2.24, 2.45) is 11.7 Å². The van der Waals surface area contributed by atoms with Crippen LogP contribution in [0.4, 0.5) is 0 Å². The lowest BCUT2D eigenvalue weighted by molar-refractivity contribution is -0.132. The van der Waals surface area contributed by atoms with Crippen molar-refractivity contribution in [1.29, 1.82) is 0 Å². The Labute approximate surface area is 137 Å². The molecule has 0 aromatic heterocycles. The Hall–Kier alpha value is -1.26. The second kappa shape index (κ2) is 8.39. The van der Waals surface area contributed by atoms with Gasteiger partial charge in [0.25, 0.3) is 0 Å². The highest BCUT2D eigenvalue weighted by Crippen LogP contribution is 2.23. The van der Waals surface area contributed by atoms with E-state index in [1.807, 2.05) is 30.0 Å². The third-order valence-electron chi connectivity index (χ3n) is 4.27. The molecule has 2 rings (SSSR count). The van der Waals surface area contributed by atoms with Gasteiger partial charge in [-0.15, -0.1) is 0 Å². The Balaban J connectivity index is 1.65. The highest BCUT2D eigenvalue weighted by molar-refractivity contribution is 6.32. The van der Waals surface area contributed by atoms with Crippen molar-refractivity contribution < 1.29 is 9.53 Å². The summed E-state index contributed by atoms with van der Waals surface area (Å²) in [5, 5.41) is 0.604. The summed E-state index contributed by atoms with van der Waals surface area (Å²) in [6.07, 6.45) is 3.25. The van der Waals surface area contributed by atoms with Crippen molar-refractivity contribution in [2.75, 3.05) is 19.7 Å². The molecule has 1 heterocycles. The molecular formula is C17H25ClN2O2. The molecule has 1 aliphatic rings. The van der Waals surface area contributed by atoms with Gasteiger partial charge in [-0.05, 0) is 44.2 Å². The Morgan fingerprint density at radius 1 is 1.41 bits per heavy atom. The molecule has 1 saturated heterocycles. The number of hydrogen-bond donors (Lipinski definition) is 1. The zero-order valence-electron chi connectivity index (χ0n) is 13.1. The van der Waals surface area contributed by atoms with Crippen LogP contribution >= 0.6 is 11.6 Å². The molecule has 4 nitrogen and oxygen atoms in total. The lowest BCUT2D eigenvalue weighted by atomic mass is 9.91. The number of piperidine rings is 1. The molecule has 1 unspecified atom stereocenters. The summed E-state index contributed by atoms with van der Waals surface area (Å²) in [5.74, 6) is 1.44. The number of nitrogens with zero attached hydrogens (tertiary/aromatic N) is 1. The number of benzene rings is 1. The van der Waals surface area contributed by atoms with Crippen LogP contribution < -0.4 is 10.5 Å². The fourth-order valence-corrected chi connectivity index (χ4v) is 2.99. The van der Waals surface area contributed by atoms with Gasteiger partial charge in [0.15, 0.2) is 0 Å². The highest BCUT2D eigenvalue weighted by Gasteiger charge is 2.24. The van der Waals surface area contributed by atoms with E-state index in [2.05, 4.69) is 0 Å². The van der Waals surface area contributed by atoms with Crippen molar-refractivity contribution in [3.8, 4) is 5.75 Å². The van der Waals surface area contributed by atoms with Crippen molar-refractivity contribution in [2.45, 2.75) is 38.6 Å². The van der Waals surface area contributed by atoms with E-state index in [0.29, 0.717) is 36.1 Å². The monoisotopic (exact) mass is 324 g/mol. The molecule has 0 radical (unpaired) electrons. The number of rotatable bonds is 6. The molecule has 1 aromatic rings. The zero-order valence-corrected chi connectivity index (χ0v) is 13.9. The van der Waals surface area contributed by atoms with Gasteiger partial charge >= 0.3 is 0 Å². The summed E-state index contributed by atoms with van der Waals surface area (Å²) in [4.78, 5) is 14.1. The van der Waals surface area contributed by atoms with Crippen LogP contribution in [0.15, 0.2) is 24.3 Å².